The number of carbonyl (C=O) groups is 1. The molecular formula is C10H17N5O4S. The van der Waals surface area contributed by atoms with Crippen molar-refractivity contribution in [1.29, 1.82) is 0 Å². The average Bonchev–Trinajstić information content (AvgIpc) is 2.96. The minimum absolute atomic E-state index is 0.0713. The molecule has 0 spiro atoms. The zero-order valence-corrected chi connectivity index (χ0v) is 11.9. The van der Waals surface area contributed by atoms with Crippen LogP contribution in [-0.2, 0) is 26.1 Å². The third-order valence-electron chi connectivity index (χ3n) is 2.66. The molecule has 2 rings (SSSR count). The van der Waals surface area contributed by atoms with Crippen molar-refractivity contribution in [3.05, 3.63) is 6.20 Å². The maximum Gasteiger partial charge on any atom is 0.243 e. The first-order chi connectivity index (χ1) is 9.42. The van der Waals surface area contributed by atoms with Gasteiger partial charge >= 0.3 is 0 Å². The number of hydrogen-bond acceptors (Lipinski definition) is 6. The fourth-order valence-electron chi connectivity index (χ4n) is 1.83. The molecule has 1 saturated heterocycles. The van der Waals surface area contributed by atoms with Crippen LogP contribution in [0.15, 0.2) is 6.20 Å². The fraction of sp³-hybridized carbons (Fsp3) is 0.700. The summed E-state index contributed by atoms with van der Waals surface area (Å²) >= 11 is 0. The number of nitrogens with one attached hydrogen (secondary N) is 2. The van der Waals surface area contributed by atoms with Crippen molar-refractivity contribution >= 4 is 21.7 Å². The van der Waals surface area contributed by atoms with E-state index in [-0.39, 0.29) is 24.4 Å². The molecule has 2 N–H and O–H groups in total. The zero-order valence-electron chi connectivity index (χ0n) is 11.1. The molecular weight excluding hydrogens is 286 g/mol. The normalized spacial score (nSPS) is 18.9. The van der Waals surface area contributed by atoms with Crippen LogP contribution < -0.4 is 10.0 Å². The lowest BCUT2D eigenvalue weighted by molar-refractivity contribution is -0.122. The quantitative estimate of drug-likeness (QED) is 0.692. The number of amides is 1. The summed E-state index contributed by atoms with van der Waals surface area (Å²) in [6.07, 6.45) is 4.30. The predicted octanol–water partition coefficient (Wildman–Crippen LogP) is -1.06. The maximum atomic E-state index is 11.7. The van der Waals surface area contributed by atoms with Crippen LogP contribution in [-0.4, -0.2) is 54.8 Å². The molecule has 0 saturated carbocycles. The van der Waals surface area contributed by atoms with Crippen LogP contribution in [0.3, 0.4) is 0 Å². The first-order valence-corrected chi connectivity index (χ1v) is 8.08. The van der Waals surface area contributed by atoms with E-state index in [0.717, 1.165) is 30.5 Å². The molecule has 0 aromatic carbocycles. The van der Waals surface area contributed by atoms with Crippen molar-refractivity contribution in [3.63, 3.8) is 0 Å². The Hall–Kier alpha value is -1.68. The van der Waals surface area contributed by atoms with Crippen molar-refractivity contribution in [1.82, 2.24) is 20.3 Å². The molecule has 1 aliphatic rings. The number of sulfonamides is 1. The highest BCUT2D eigenvalue weighted by molar-refractivity contribution is 7.92. The number of carbonyl (C=O) groups excluding carboxylic acids is 1. The van der Waals surface area contributed by atoms with Gasteiger partial charge in [0.15, 0.2) is 5.82 Å². The molecule has 1 aromatic heterocycles. The molecule has 1 amide bonds. The standard InChI is InChI=1S/C10H17N5O4S/c1-20(17,18)14-9-6-12-15(13-9)7-10(16)11-5-8-3-2-4-19-8/h6,8H,2-5,7H2,1H3,(H,11,16)(H,13,14). The first kappa shape index (κ1) is 14.7. The van der Waals surface area contributed by atoms with Gasteiger partial charge in [0.05, 0.1) is 18.6 Å². The summed E-state index contributed by atoms with van der Waals surface area (Å²) in [6.45, 7) is 1.13. The summed E-state index contributed by atoms with van der Waals surface area (Å²) < 4.78 is 29.6. The van der Waals surface area contributed by atoms with Crippen LogP contribution in [0.25, 0.3) is 0 Å². The molecule has 2 heterocycles. The molecule has 1 fully saturated rings. The van der Waals surface area contributed by atoms with Gasteiger partial charge in [-0.3, -0.25) is 9.52 Å². The Morgan fingerprint density at radius 3 is 3.05 bits per heavy atom. The van der Waals surface area contributed by atoms with E-state index in [4.69, 9.17) is 4.74 Å². The Bertz CT molecular complexity index is 564. The van der Waals surface area contributed by atoms with Crippen LogP contribution in [0.2, 0.25) is 0 Å². The van der Waals surface area contributed by atoms with Gasteiger partial charge in [-0.25, -0.2) is 8.42 Å². The summed E-state index contributed by atoms with van der Waals surface area (Å²) in [5, 5.41) is 10.4. The molecule has 20 heavy (non-hydrogen) atoms. The van der Waals surface area contributed by atoms with Crippen molar-refractivity contribution in [2.75, 3.05) is 24.1 Å². The van der Waals surface area contributed by atoms with Gasteiger partial charge in [-0.05, 0) is 12.8 Å². The minimum atomic E-state index is -3.40. The number of rotatable bonds is 6. The van der Waals surface area contributed by atoms with Gasteiger partial charge in [-0.15, -0.1) is 5.10 Å². The Kier molecular flexibility index (Phi) is 4.55. The van der Waals surface area contributed by atoms with E-state index in [0.29, 0.717) is 6.54 Å². The third kappa shape index (κ3) is 4.78. The molecule has 1 aliphatic heterocycles. The summed E-state index contributed by atoms with van der Waals surface area (Å²) in [7, 11) is -3.40. The van der Waals surface area contributed by atoms with E-state index in [2.05, 4.69) is 20.2 Å². The van der Waals surface area contributed by atoms with Crippen molar-refractivity contribution in [3.8, 4) is 0 Å². The monoisotopic (exact) mass is 303 g/mol. The van der Waals surface area contributed by atoms with Gasteiger partial charge in [0.1, 0.15) is 6.54 Å². The van der Waals surface area contributed by atoms with Gasteiger partial charge < -0.3 is 10.1 Å². The highest BCUT2D eigenvalue weighted by Gasteiger charge is 2.16. The molecule has 0 bridgehead atoms. The van der Waals surface area contributed by atoms with E-state index in [1.54, 1.807) is 0 Å². The molecule has 0 aliphatic carbocycles. The lowest BCUT2D eigenvalue weighted by atomic mass is 10.2. The summed E-state index contributed by atoms with van der Waals surface area (Å²) in [5.41, 5.74) is 0. The Morgan fingerprint density at radius 2 is 2.40 bits per heavy atom. The van der Waals surface area contributed by atoms with Crippen LogP contribution in [0.5, 0.6) is 0 Å². The topological polar surface area (TPSA) is 115 Å². The first-order valence-electron chi connectivity index (χ1n) is 6.18. The van der Waals surface area contributed by atoms with Crippen molar-refractivity contribution in [2.24, 2.45) is 0 Å². The summed E-state index contributed by atoms with van der Waals surface area (Å²) in [6, 6.07) is 0. The average molecular weight is 303 g/mol. The molecule has 9 nitrogen and oxygen atoms in total. The molecule has 0 radical (unpaired) electrons. The van der Waals surface area contributed by atoms with Gasteiger partial charge in [-0.1, -0.05) is 0 Å². The number of ether oxygens (including phenoxy) is 1. The zero-order chi connectivity index (χ0) is 14.6. The molecule has 1 aromatic rings. The third-order valence-corrected chi connectivity index (χ3v) is 3.24. The second kappa shape index (κ2) is 6.18. The largest absolute Gasteiger partial charge is 0.376 e. The lowest BCUT2D eigenvalue weighted by Gasteiger charge is -2.10. The summed E-state index contributed by atoms with van der Waals surface area (Å²) in [5.74, 6) is -0.165. The molecule has 10 heteroatoms. The number of anilines is 1. The smallest absolute Gasteiger partial charge is 0.243 e. The fourth-order valence-corrected chi connectivity index (χ4v) is 2.30. The van der Waals surface area contributed by atoms with Crippen LogP contribution in [0, 0.1) is 0 Å². The van der Waals surface area contributed by atoms with E-state index in [1.807, 2.05) is 0 Å². The maximum absolute atomic E-state index is 11.7. The van der Waals surface area contributed by atoms with Crippen LogP contribution in [0.4, 0.5) is 5.82 Å². The van der Waals surface area contributed by atoms with Gasteiger partial charge in [0.25, 0.3) is 0 Å². The van der Waals surface area contributed by atoms with Crippen molar-refractivity contribution < 1.29 is 17.9 Å². The van der Waals surface area contributed by atoms with Crippen LogP contribution in [0.1, 0.15) is 12.8 Å². The number of aromatic nitrogens is 3. The SMILES string of the molecule is CS(=O)(=O)Nc1cnn(CC(=O)NCC2CCCO2)n1. The van der Waals surface area contributed by atoms with Gasteiger partial charge in [0.2, 0.25) is 15.9 Å². The summed E-state index contributed by atoms with van der Waals surface area (Å²) in [4.78, 5) is 12.8. The van der Waals surface area contributed by atoms with Gasteiger partial charge in [0, 0.05) is 13.2 Å². The van der Waals surface area contributed by atoms with E-state index >= 15 is 0 Å². The second-order valence-corrected chi connectivity index (χ2v) is 6.32. The van der Waals surface area contributed by atoms with Gasteiger partial charge in [-0.2, -0.15) is 9.90 Å². The van der Waals surface area contributed by atoms with E-state index < -0.39 is 10.0 Å². The molecule has 1 atom stereocenters. The van der Waals surface area contributed by atoms with Crippen LogP contribution >= 0.6 is 0 Å². The van der Waals surface area contributed by atoms with E-state index in [9.17, 15) is 13.2 Å². The predicted molar refractivity (Wildman–Crippen MR) is 70.5 cm³/mol. The molecule has 1 unspecified atom stereocenters. The Morgan fingerprint density at radius 1 is 1.60 bits per heavy atom. The number of nitrogens with zero attached hydrogens (tertiary/aromatic N) is 3. The lowest BCUT2D eigenvalue weighted by Crippen LogP contribution is -2.34. The Labute approximate surface area is 116 Å². The van der Waals surface area contributed by atoms with E-state index in [1.165, 1.54) is 6.20 Å². The molecule has 112 valence electrons. The highest BCUT2D eigenvalue weighted by Crippen LogP contribution is 2.10. The van der Waals surface area contributed by atoms with Crippen molar-refractivity contribution in [2.45, 2.75) is 25.5 Å². The number of hydrogen-bond donors (Lipinski definition) is 2. The Balaban J connectivity index is 1.79. The second-order valence-electron chi connectivity index (χ2n) is 4.57. The highest BCUT2D eigenvalue weighted by atomic mass is 32.2. The minimum Gasteiger partial charge on any atom is -0.376 e.